The number of hydrogen-bond donors (Lipinski definition) is 0. The normalized spacial score (nSPS) is 21.4. The van der Waals surface area contributed by atoms with Crippen LogP contribution < -0.4 is 0 Å². The fourth-order valence-electron chi connectivity index (χ4n) is 2.47. The molecule has 0 amide bonds. The lowest BCUT2D eigenvalue weighted by Gasteiger charge is -2.12. The van der Waals surface area contributed by atoms with Gasteiger partial charge in [-0.1, -0.05) is 107 Å². The molecule has 1 aliphatic rings. The maximum atomic E-state index is 4.22. The van der Waals surface area contributed by atoms with Gasteiger partial charge in [-0.25, -0.2) is 0 Å². The molecule has 2 rings (SSSR count). The van der Waals surface area contributed by atoms with Crippen LogP contribution in [0.2, 0.25) is 0 Å². The van der Waals surface area contributed by atoms with E-state index in [0.29, 0.717) is 0 Å². The standard InChI is InChI=1S/C22H22.C2H6.CH4/c1-5-19-13-9-7-8-12-18(4)22(16-20(19)6-2)21-14-10-11-17(3)15-21;1-2;/h5-12,14-16H,1-2,4,13H2,3H3;1-2H3;1H4/b9-7-,12-8-,20-19-,22-16+;;. The third kappa shape index (κ3) is 6.43. The average molecular weight is 333 g/mol. The monoisotopic (exact) mass is 332 g/mol. The summed E-state index contributed by atoms with van der Waals surface area (Å²) in [5, 5.41) is 0. The third-order valence-electron chi connectivity index (χ3n) is 3.69. The number of benzene rings is 1. The van der Waals surface area contributed by atoms with Gasteiger partial charge in [-0.05, 0) is 47.3 Å². The van der Waals surface area contributed by atoms with Crippen molar-refractivity contribution in [2.45, 2.75) is 34.6 Å². The van der Waals surface area contributed by atoms with E-state index in [1.807, 2.05) is 38.2 Å². The lowest BCUT2D eigenvalue weighted by atomic mass is 9.92. The van der Waals surface area contributed by atoms with Crippen LogP contribution in [0.4, 0.5) is 0 Å². The van der Waals surface area contributed by atoms with Crippen LogP contribution in [0.25, 0.3) is 5.57 Å². The van der Waals surface area contributed by atoms with Gasteiger partial charge in [0.2, 0.25) is 0 Å². The van der Waals surface area contributed by atoms with E-state index in [9.17, 15) is 0 Å². The number of allylic oxidation sites excluding steroid dienone is 11. The summed E-state index contributed by atoms with van der Waals surface area (Å²) in [6, 6.07) is 8.48. The van der Waals surface area contributed by atoms with E-state index < -0.39 is 0 Å². The minimum atomic E-state index is 0. The highest BCUT2D eigenvalue weighted by Crippen LogP contribution is 2.28. The smallest absolute Gasteiger partial charge is 0.00886 e. The van der Waals surface area contributed by atoms with Gasteiger partial charge in [-0.3, -0.25) is 0 Å². The third-order valence-corrected chi connectivity index (χ3v) is 3.69. The van der Waals surface area contributed by atoms with E-state index in [2.05, 4.69) is 69.2 Å². The zero-order valence-corrected chi connectivity index (χ0v) is 15.2. The quantitative estimate of drug-likeness (QED) is 0.530. The van der Waals surface area contributed by atoms with Crippen LogP contribution in [-0.2, 0) is 0 Å². The molecule has 1 aromatic rings. The lowest BCUT2D eigenvalue weighted by Crippen LogP contribution is -1.92. The highest BCUT2D eigenvalue weighted by atomic mass is 14.1. The maximum absolute atomic E-state index is 4.22. The van der Waals surface area contributed by atoms with Crippen molar-refractivity contribution in [1.82, 2.24) is 0 Å². The molecule has 0 fully saturated rings. The van der Waals surface area contributed by atoms with Crippen molar-refractivity contribution in [1.29, 1.82) is 0 Å². The maximum Gasteiger partial charge on any atom is -0.00886 e. The Bertz CT molecular complexity index is 718. The van der Waals surface area contributed by atoms with Crippen LogP contribution >= 0.6 is 0 Å². The summed E-state index contributed by atoms with van der Waals surface area (Å²) >= 11 is 0. The Hall–Kier alpha value is -2.60. The van der Waals surface area contributed by atoms with Crippen molar-refractivity contribution in [2.75, 3.05) is 0 Å². The van der Waals surface area contributed by atoms with Crippen LogP contribution in [0.3, 0.4) is 0 Å². The molecule has 1 aromatic carbocycles. The minimum Gasteiger partial charge on any atom is -0.0988 e. The molecule has 0 atom stereocenters. The average Bonchev–Trinajstić information content (AvgIpc) is 2.61. The predicted molar refractivity (Wildman–Crippen MR) is 117 cm³/mol. The number of rotatable bonds is 3. The Morgan fingerprint density at radius 2 is 1.76 bits per heavy atom. The first-order chi connectivity index (χ1) is 11.7. The Morgan fingerprint density at radius 3 is 2.36 bits per heavy atom. The Kier molecular flexibility index (Phi) is 10.6. The molecule has 0 N–H and O–H groups in total. The minimum absolute atomic E-state index is 0. The molecule has 0 heteroatoms. The molecule has 0 spiro atoms. The van der Waals surface area contributed by atoms with Crippen molar-refractivity contribution in [3.05, 3.63) is 114 Å². The van der Waals surface area contributed by atoms with E-state index >= 15 is 0 Å². The van der Waals surface area contributed by atoms with Gasteiger partial charge in [-0.2, -0.15) is 0 Å². The molecule has 132 valence electrons. The van der Waals surface area contributed by atoms with Crippen molar-refractivity contribution >= 4 is 5.57 Å². The number of hydrogen-bond acceptors (Lipinski definition) is 0. The molecule has 0 saturated heterocycles. The predicted octanol–water partition coefficient (Wildman–Crippen LogP) is 7.78. The highest BCUT2D eigenvalue weighted by molar-refractivity contribution is 5.83. The molecule has 0 nitrogen and oxygen atoms in total. The number of aryl methyl sites for hydroxylation is 1. The van der Waals surface area contributed by atoms with E-state index in [-0.39, 0.29) is 7.43 Å². The van der Waals surface area contributed by atoms with Gasteiger partial charge in [0, 0.05) is 0 Å². The molecule has 0 bridgehead atoms. The largest absolute Gasteiger partial charge is 0.0988 e. The summed E-state index contributed by atoms with van der Waals surface area (Å²) in [4.78, 5) is 0. The summed E-state index contributed by atoms with van der Waals surface area (Å²) in [7, 11) is 0. The lowest BCUT2D eigenvalue weighted by molar-refractivity contribution is 1.26. The van der Waals surface area contributed by atoms with Gasteiger partial charge < -0.3 is 0 Å². The van der Waals surface area contributed by atoms with E-state index in [4.69, 9.17) is 0 Å². The fourth-order valence-corrected chi connectivity index (χ4v) is 2.47. The Balaban J connectivity index is 0.00000185. The Morgan fingerprint density at radius 1 is 1.04 bits per heavy atom. The second-order valence-corrected chi connectivity index (χ2v) is 5.33. The van der Waals surface area contributed by atoms with E-state index in [1.165, 1.54) is 16.7 Å². The first-order valence-corrected chi connectivity index (χ1v) is 8.45. The second-order valence-electron chi connectivity index (χ2n) is 5.33. The van der Waals surface area contributed by atoms with Crippen LogP contribution in [0.1, 0.15) is 38.8 Å². The fraction of sp³-hybridized carbons (Fsp3) is 0.200. The zero-order chi connectivity index (χ0) is 17.9. The van der Waals surface area contributed by atoms with E-state index in [0.717, 1.165) is 23.1 Å². The van der Waals surface area contributed by atoms with Gasteiger partial charge in [0.15, 0.2) is 0 Å². The molecule has 0 unspecified atom stereocenters. The topological polar surface area (TPSA) is 0 Å². The molecule has 0 saturated carbocycles. The molecule has 25 heavy (non-hydrogen) atoms. The molecule has 0 radical (unpaired) electrons. The second kappa shape index (κ2) is 11.9. The van der Waals surface area contributed by atoms with Crippen molar-refractivity contribution < 1.29 is 0 Å². The summed E-state index contributed by atoms with van der Waals surface area (Å²) in [5.41, 5.74) is 6.76. The van der Waals surface area contributed by atoms with Gasteiger partial charge in [0.05, 0.1) is 0 Å². The molecular formula is C25H32. The van der Waals surface area contributed by atoms with Crippen LogP contribution in [0, 0.1) is 6.92 Å². The van der Waals surface area contributed by atoms with Gasteiger partial charge in [0.25, 0.3) is 0 Å². The molecular weight excluding hydrogens is 300 g/mol. The van der Waals surface area contributed by atoms with Gasteiger partial charge in [0.1, 0.15) is 0 Å². The Labute approximate surface area is 155 Å². The summed E-state index contributed by atoms with van der Waals surface area (Å²) < 4.78 is 0. The van der Waals surface area contributed by atoms with Crippen molar-refractivity contribution in [2.24, 2.45) is 0 Å². The van der Waals surface area contributed by atoms with Crippen LogP contribution in [-0.4, -0.2) is 0 Å². The van der Waals surface area contributed by atoms with Crippen molar-refractivity contribution in [3.63, 3.8) is 0 Å². The summed E-state index contributed by atoms with van der Waals surface area (Å²) in [5.74, 6) is 0. The summed E-state index contributed by atoms with van der Waals surface area (Å²) in [6.07, 6.45) is 15.0. The van der Waals surface area contributed by atoms with Crippen LogP contribution in [0.15, 0.2) is 103 Å². The first-order valence-electron chi connectivity index (χ1n) is 8.45. The molecule has 0 heterocycles. The SMILES string of the molecule is C.C=CC1=C(\C=C)C/C=C\C=C/C(=C)/C(c2cccc(C)c2)=C\1.CC. The van der Waals surface area contributed by atoms with Gasteiger partial charge in [-0.15, -0.1) is 0 Å². The van der Waals surface area contributed by atoms with Crippen LogP contribution in [0.5, 0.6) is 0 Å². The highest BCUT2D eigenvalue weighted by Gasteiger charge is 2.07. The molecule has 0 aromatic heterocycles. The molecule has 1 aliphatic carbocycles. The summed E-state index contributed by atoms with van der Waals surface area (Å²) in [6.45, 7) is 18.2. The molecule has 0 aliphatic heterocycles. The first kappa shape index (κ1) is 22.4. The van der Waals surface area contributed by atoms with Gasteiger partial charge >= 0.3 is 0 Å². The zero-order valence-electron chi connectivity index (χ0n) is 15.2. The van der Waals surface area contributed by atoms with Crippen molar-refractivity contribution in [3.8, 4) is 0 Å². The van der Waals surface area contributed by atoms with E-state index in [1.54, 1.807) is 0 Å².